The van der Waals surface area contributed by atoms with Gasteiger partial charge in [-0.2, -0.15) is 0 Å². The summed E-state index contributed by atoms with van der Waals surface area (Å²) in [5.74, 6) is 0.180. The normalized spacial score (nSPS) is 17.3. The average Bonchev–Trinajstić information content (AvgIpc) is 3.14. The van der Waals surface area contributed by atoms with Gasteiger partial charge in [-0.25, -0.2) is 4.98 Å². The Kier molecular flexibility index (Phi) is 5.88. The summed E-state index contributed by atoms with van der Waals surface area (Å²) in [6.45, 7) is 4.55. The van der Waals surface area contributed by atoms with E-state index in [1.165, 1.54) is 0 Å². The van der Waals surface area contributed by atoms with Crippen molar-refractivity contribution >= 4 is 11.6 Å². The zero-order valence-electron chi connectivity index (χ0n) is 15.8. The van der Waals surface area contributed by atoms with E-state index >= 15 is 0 Å². The summed E-state index contributed by atoms with van der Waals surface area (Å²) in [6.07, 6.45) is 6.63. The Balaban J connectivity index is 1.59. The van der Waals surface area contributed by atoms with Crippen molar-refractivity contribution in [1.82, 2.24) is 19.4 Å². The molecule has 7 heteroatoms. The van der Waals surface area contributed by atoms with Crippen LogP contribution in [0, 0.1) is 6.92 Å². The second kappa shape index (κ2) is 8.31. The molecular formula is C19H27N5O2. The molecule has 0 aliphatic carbocycles. The molecule has 7 nitrogen and oxygen atoms in total. The molecule has 0 radical (unpaired) electrons. The summed E-state index contributed by atoms with van der Waals surface area (Å²) in [5.41, 5.74) is 2.95. The Morgan fingerprint density at radius 2 is 2.23 bits per heavy atom. The molecule has 1 atom stereocenters. The van der Waals surface area contributed by atoms with Crippen molar-refractivity contribution in [3.8, 4) is 0 Å². The number of pyridine rings is 1. The monoisotopic (exact) mass is 357 g/mol. The summed E-state index contributed by atoms with van der Waals surface area (Å²) in [6, 6.07) is 4.09. The minimum atomic E-state index is -0.167. The zero-order valence-corrected chi connectivity index (χ0v) is 15.8. The van der Waals surface area contributed by atoms with Gasteiger partial charge in [0.2, 0.25) is 5.91 Å². The van der Waals surface area contributed by atoms with Crippen LogP contribution in [0.15, 0.2) is 30.9 Å². The summed E-state index contributed by atoms with van der Waals surface area (Å²) < 4.78 is 7.91. The highest BCUT2D eigenvalue weighted by Crippen LogP contribution is 2.25. The predicted molar refractivity (Wildman–Crippen MR) is 100 cm³/mol. The van der Waals surface area contributed by atoms with Gasteiger partial charge in [-0.15, -0.1) is 0 Å². The van der Waals surface area contributed by atoms with Gasteiger partial charge in [-0.1, -0.05) is 0 Å². The Hall–Kier alpha value is -2.41. The lowest BCUT2D eigenvalue weighted by atomic mass is 10.1. The van der Waals surface area contributed by atoms with Crippen LogP contribution in [0.3, 0.4) is 0 Å². The van der Waals surface area contributed by atoms with E-state index in [2.05, 4.69) is 14.9 Å². The third kappa shape index (κ3) is 4.60. The fourth-order valence-electron chi connectivity index (χ4n) is 3.14. The second-order valence-corrected chi connectivity index (χ2v) is 6.89. The molecule has 1 amide bonds. The second-order valence-electron chi connectivity index (χ2n) is 6.89. The first-order chi connectivity index (χ1) is 12.5. The molecule has 26 heavy (non-hydrogen) atoms. The van der Waals surface area contributed by atoms with Crippen molar-refractivity contribution in [1.29, 1.82) is 0 Å². The van der Waals surface area contributed by atoms with E-state index in [9.17, 15) is 4.79 Å². The maximum atomic E-state index is 12.6. The lowest BCUT2D eigenvalue weighted by Crippen LogP contribution is -2.42. The molecule has 2 aromatic heterocycles. The first-order valence-corrected chi connectivity index (χ1v) is 9.04. The summed E-state index contributed by atoms with van der Waals surface area (Å²) in [7, 11) is 4.02. The molecule has 0 spiro atoms. The van der Waals surface area contributed by atoms with Crippen molar-refractivity contribution in [2.45, 2.75) is 32.4 Å². The molecule has 0 aromatic carbocycles. The van der Waals surface area contributed by atoms with Gasteiger partial charge in [0.1, 0.15) is 6.10 Å². The van der Waals surface area contributed by atoms with Crippen LogP contribution in [0.2, 0.25) is 0 Å². The van der Waals surface area contributed by atoms with Crippen molar-refractivity contribution in [3.63, 3.8) is 0 Å². The van der Waals surface area contributed by atoms with E-state index in [0.29, 0.717) is 26.1 Å². The lowest BCUT2D eigenvalue weighted by Gasteiger charge is -2.33. The fourth-order valence-corrected chi connectivity index (χ4v) is 3.14. The van der Waals surface area contributed by atoms with E-state index < -0.39 is 0 Å². The molecule has 0 bridgehead atoms. The Morgan fingerprint density at radius 3 is 2.96 bits per heavy atom. The molecule has 1 unspecified atom stereocenters. The topological polar surface area (TPSA) is 63.5 Å². The third-order valence-corrected chi connectivity index (χ3v) is 4.59. The smallest absolute Gasteiger partial charge is 0.222 e. The van der Waals surface area contributed by atoms with Crippen LogP contribution in [0.25, 0.3) is 0 Å². The van der Waals surface area contributed by atoms with Crippen LogP contribution in [0.4, 0.5) is 5.69 Å². The van der Waals surface area contributed by atoms with E-state index in [-0.39, 0.29) is 12.0 Å². The highest BCUT2D eigenvalue weighted by Gasteiger charge is 2.26. The number of ether oxygens (including phenoxy) is 1. The highest BCUT2D eigenvalue weighted by atomic mass is 16.5. The molecule has 140 valence electrons. The largest absolute Gasteiger partial charge is 0.378 e. The lowest BCUT2D eigenvalue weighted by molar-refractivity contribution is -0.139. The van der Waals surface area contributed by atoms with Gasteiger partial charge in [0, 0.05) is 57.4 Å². The molecule has 1 aliphatic heterocycles. The van der Waals surface area contributed by atoms with Crippen LogP contribution in [0.1, 0.15) is 30.3 Å². The minimum absolute atomic E-state index is 0.167. The highest BCUT2D eigenvalue weighted by molar-refractivity contribution is 5.76. The van der Waals surface area contributed by atoms with Gasteiger partial charge in [-0.3, -0.25) is 9.78 Å². The molecule has 0 N–H and O–H groups in total. The molecule has 0 saturated carbocycles. The number of aromatic nitrogens is 3. The third-order valence-electron chi connectivity index (χ3n) is 4.59. The maximum Gasteiger partial charge on any atom is 0.222 e. The Morgan fingerprint density at radius 1 is 1.38 bits per heavy atom. The van der Waals surface area contributed by atoms with Crippen molar-refractivity contribution < 1.29 is 9.53 Å². The predicted octanol–water partition coefficient (Wildman–Crippen LogP) is 2.03. The van der Waals surface area contributed by atoms with Crippen molar-refractivity contribution in [2.24, 2.45) is 0 Å². The van der Waals surface area contributed by atoms with Gasteiger partial charge < -0.3 is 19.1 Å². The van der Waals surface area contributed by atoms with Crippen LogP contribution in [0.5, 0.6) is 0 Å². The SMILES string of the molecule is Cc1cc(N(C)C)cc(C2CN(C(=O)CCCn3ccnc3)CCO2)n1. The van der Waals surface area contributed by atoms with E-state index in [1.807, 2.05) is 48.8 Å². The van der Waals surface area contributed by atoms with Gasteiger partial charge in [0.05, 0.1) is 25.2 Å². The molecule has 3 rings (SSSR count). The molecular weight excluding hydrogens is 330 g/mol. The zero-order chi connectivity index (χ0) is 18.5. The van der Waals surface area contributed by atoms with E-state index in [4.69, 9.17) is 4.74 Å². The molecule has 3 heterocycles. The number of nitrogens with zero attached hydrogens (tertiary/aromatic N) is 5. The minimum Gasteiger partial charge on any atom is -0.378 e. The average molecular weight is 357 g/mol. The standard InChI is InChI=1S/C19H27N5O2/c1-15-11-16(22(2)3)12-17(21-15)18-13-24(9-10-26-18)19(25)5-4-7-23-8-6-20-14-23/h6,8,11-12,14,18H,4-5,7,9-10,13H2,1-3H3. The number of hydrogen-bond donors (Lipinski definition) is 0. The first kappa shape index (κ1) is 18.4. The maximum absolute atomic E-state index is 12.6. The van der Waals surface area contributed by atoms with Crippen LogP contribution in [-0.4, -0.2) is 59.1 Å². The van der Waals surface area contributed by atoms with Crippen LogP contribution < -0.4 is 4.90 Å². The Labute approximate surface area is 154 Å². The number of carbonyl (C=O) groups is 1. The number of carbonyl (C=O) groups excluding carboxylic acids is 1. The van der Waals surface area contributed by atoms with Gasteiger partial charge >= 0.3 is 0 Å². The van der Waals surface area contributed by atoms with E-state index in [1.54, 1.807) is 12.5 Å². The van der Waals surface area contributed by atoms with Gasteiger partial charge in [-0.05, 0) is 25.5 Å². The first-order valence-electron chi connectivity index (χ1n) is 9.04. The van der Waals surface area contributed by atoms with E-state index in [0.717, 1.165) is 30.0 Å². The Bertz CT molecular complexity index is 730. The summed E-state index contributed by atoms with van der Waals surface area (Å²) >= 11 is 0. The summed E-state index contributed by atoms with van der Waals surface area (Å²) in [5, 5.41) is 0. The summed E-state index contributed by atoms with van der Waals surface area (Å²) in [4.78, 5) is 25.2. The quantitative estimate of drug-likeness (QED) is 0.792. The number of aryl methyl sites for hydroxylation is 2. The van der Waals surface area contributed by atoms with Gasteiger partial charge in [0.15, 0.2) is 0 Å². The molecule has 1 saturated heterocycles. The molecule has 2 aromatic rings. The number of rotatable bonds is 6. The molecule has 1 aliphatic rings. The number of hydrogen-bond acceptors (Lipinski definition) is 5. The van der Waals surface area contributed by atoms with Gasteiger partial charge in [0.25, 0.3) is 0 Å². The molecule has 1 fully saturated rings. The number of morpholine rings is 1. The number of anilines is 1. The number of imidazole rings is 1. The van der Waals surface area contributed by atoms with Crippen LogP contribution in [-0.2, 0) is 16.1 Å². The van der Waals surface area contributed by atoms with Crippen LogP contribution >= 0.6 is 0 Å². The van der Waals surface area contributed by atoms with Crippen molar-refractivity contribution in [3.05, 3.63) is 42.2 Å². The fraction of sp³-hybridized carbons (Fsp3) is 0.526. The number of amides is 1. The van der Waals surface area contributed by atoms with Crippen molar-refractivity contribution in [2.75, 3.05) is 38.7 Å².